The quantitative estimate of drug-likeness (QED) is 0.831. The van der Waals surface area contributed by atoms with Crippen LogP contribution in [-0.2, 0) is 6.42 Å². The van der Waals surface area contributed by atoms with E-state index in [0.29, 0.717) is 0 Å². The first-order valence-electron chi connectivity index (χ1n) is 5.96. The molecule has 0 saturated carbocycles. The second-order valence-electron chi connectivity index (χ2n) is 4.76. The molecule has 6 heteroatoms. The molecule has 1 aromatic rings. The van der Waals surface area contributed by atoms with Gasteiger partial charge in [-0.1, -0.05) is 0 Å². The minimum absolute atomic E-state index is 0.0636. The van der Waals surface area contributed by atoms with E-state index in [1.54, 1.807) is 18.3 Å². The van der Waals surface area contributed by atoms with E-state index in [1.165, 1.54) is 10.4 Å². The molecule has 18 heavy (non-hydrogen) atoms. The van der Waals surface area contributed by atoms with Crippen LogP contribution in [0.15, 0.2) is 9.85 Å². The van der Waals surface area contributed by atoms with Crippen LogP contribution in [0, 0.1) is 0 Å². The third-order valence-corrected chi connectivity index (χ3v) is 4.82. The highest BCUT2D eigenvalue weighted by Gasteiger charge is 2.32. The van der Waals surface area contributed by atoms with Gasteiger partial charge in [-0.3, -0.25) is 0 Å². The lowest BCUT2D eigenvalue weighted by Gasteiger charge is -2.27. The third-order valence-electron chi connectivity index (χ3n) is 3.11. The largest absolute Gasteiger partial charge is 0.390 e. The fourth-order valence-corrected chi connectivity index (χ4v) is 4.26. The Morgan fingerprint density at radius 3 is 2.94 bits per heavy atom. The molecule has 0 fully saturated rings. The van der Waals surface area contributed by atoms with Crippen molar-refractivity contribution in [2.75, 3.05) is 0 Å². The average molecular weight is 342 g/mol. The van der Waals surface area contributed by atoms with Gasteiger partial charge in [-0.2, -0.15) is 13.2 Å². The topological polar surface area (TPSA) is 12.0 Å². The zero-order chi connectivity index (χ0) is 13.3. The molecule has 1 aliphatic carbocycles. The highest BCUT2D eigenvalue weighted by molar-refractivity contribution is 9.11. The molecule has 102 valence electrons. The van der Waals surface area contributed by atoms with E-state index in [-0.39, 0.29) is 6.04 Å². The predicted molar refractivity (Wildman–Crippen MR) is 71.0 cm³/mol. The van der Waals surface area contributed by atoms with Crippen LogP contribution in [0.25, 0.3) is 0 Å². The Balaban J connectivity index is 2.02. The molecule has 0 bridgehead atoms. The molecule has 0 radical (unpaired) electrons. The van der Waals surface area contributed by atoms with Crippen molar-refractivity contribution < 1.29 is 13.2 Å². The number of fused-ring (bicyclic) bond motifs is 1. The minimum atomic E-state index is -4.10. The summed E-state index contributed by atoms with van der Waals surface area (Å²) in [6.45, 7) is 1.60. The molecule has 2 unspecified atom stereocenters. The van der Waals surface area contributed by atoms with Gasteiger partial charge in [0, 0.05) is 17.0 Å². The van der Waals surface area contributed by atoms with E-state index in [9.17, 15) is 13.2 Å². The first kappa shape index (κ1) is 14.3. The van der Waals surface area contributed by atoms with Gasteiger partial charge < -0.3 is 5.32 Å². The number of nitrogens with one attached hydrogen (secondary N) is 1. The Hall–Kier alpha value is -0.0700. The van der Waals surface area contributed by atoms with Gasteiger partial charge in [-0.05, 0) is 53.7 Å². The Labute approximate surface area is 117 Å². The van der Waals surface area contributed by atoms with Crippen LogP contribution in [0.4, 0.5) is 13.2 Å². The van der Waals surface area contributed by atoms with Crippen LogP contribution in [0.2, 0.25) is 0 Å². The second kappa shape index (κ2) is 5.51. The van der Waals surface area contributed by atoms with E-state index in [2.05, 4.69) is 21.2 Å². The molecule has 1 N–H and O–H groups in total. The minimum Gasteiger partial charge on any atom is -0.307 e. The van der Waals surface area contributed by atoms with E-state index in [0.717, 1.165) is 23.0 Å². The Morgan fingerprint density at radius 2 is 2.28 bits per heavy atom. The Morgan fingerprint density at radius 1 is 1.56 bits per heavy atom. The van der Waals surface area contributed by atoms with Crippen molar-refractivity contribution in [3.05, 3.63) is 20.3 Å². The molecule has 2 rings (SSSR count). The summed E-state index contributed by atoms with van der Waals surface area (Å²) in [5, 5.41) is 3.11. The number of hydrogen-bond acceptors (Lipinski definition) is 2. The summed E-state index contributed by atoms with van der Waals surface area (Å²) >= 11 is 5.13. The van der Waals surface area contributed by atoms with E-state index < -0.39 is 18.6 Å². The van der Waals surface area contributed by atoms with Gasteiger partial charge in [-0.25, -0.2) is 0 Å². The molecule has 0 spiro atoms. The lowest BCUT2D eigenvalue weighted by Crippen LogP contribution is -2.35. The number of alkyl halides is 3. The van der Waals surface area contributed by atoms with Crippen molar-refractivity contribution in [3.63, 3.8) is 0 Å². The van der Waals surface area contributed by atoms with Gasteiger partial charge in [0.1, 0.15) is 0 Å². The molecular formula is C12H15BrF3NS. The van der Waals surface area contributed by atoms with Gasteiger partial charge >= 0.3 is 6.18 Å². The number of hydrogen-bond donors (Lipinski definition) is 1. The summed E-state index contributed by atoms with van der Waals surface area (Å²) in [6, 6.07) is 1.56. The van der Waals surface area contributed by atoms with Gasteiger partial charge in [0.05, 0.1) is 10.2 Å². The van der Waals surface area contributed by atoms with Crippen molar-refractivity contribution >= 4 is 27.3 Å². The number of halogens is 4. The fraction of sp³-hybridized carbons (Fsp3) is 0.667. The van der Waals surface area contributed by atoms with E-state index >= 15 is 0 Å². The second-order valence-corrected chi connectivity index (χ2v) is 7.28. The SMILES string of the molecule is CC(CC(F)(F)F)NC1CCCc2sc(Br)cc21. The van der Waals surface area contributed by atoms with Crippen molar-refractivity contribution in [1.29, 1.82) is 0 Å². The van der Waals surface area contributed by atoms with Crippen LogP contribution in [0.5, 0.6) is 0 Å². The molecule has 0 aromatic carbocycles. The molecule has 1 heterocycles. The molecule has 1 nitrogen and oxygen atoms in total. The van der Waals surface area contributed by atoms with Crippen LogP contribution < -0.4 is 5.32 Å². The molecule has 1 aromatic heterocycles. The maximum absolute atomic E-state index is 12.3. The summed E-state index contributed by atoms with van der Waals surface area (Å²) in [5.74, 6) is 0. The fourth-order valence-electron chi connectivity index (χ4n) is 2.44. The van der Waals surface area contributed by atoms with Gasteiger partial charge in [0.2, 0.25) is 0 Å². The zero-order valence-corrected chi connectivity index (χ0v) is 12.4. The molecule has 0 aliphatic heterocycles. The van der Waals surface area contributed by atoms with Crippen molar-refractivity contribution in [2.24, 2.45) is 0 Å². The maximum Gasteiger partial charge on any atom is 0.390 e. The summed E-state index contributed by atoms with van der Waals surface area (Å²) in [7, 11) is 0. The van der Waals surface area contributed by atoms with Crippen LogP contribution in [0.3, 0.4) is 0 Å². The molecule has 0 saturated heterocycles. The first-order valence-corrected chi connectivity index (χ1v) is 7.57. The zero-order valence-electron chi connectivity index (χ0n) is 9.98. The molecule has 2 atom stereocenters. The Bertz CT molecular complexity index is 416. The van der Waals surface area contributed by atoms with Crippen molar-refractivity contribution in [2.45, 2.75) is 50.9 Å². The average Bonchev–Trinajstić information content (AvgIpc) is 2.56. The standard InChI is InChI=1S/C12H15BrF3NS/c1-7(6-12(14,15)16)17-9-3-2-4-10-8(9)5-11(13)18-10/h5,7,9,17H,2-4,6H2,1H3. The smallest absolute Gasteiger partial charge is 0.307 e. The van der Waals surface area contributed by atoms with Gasteiger partial charge in [0.15, 0.2) is 0 Å². The number of aryl methyl sites for hydroxylation is 1. The van der Waals surface area contributed by atoms with E-state index in [1.807, 2.05) is 6.07 Å². The summed E-state index contributed by atoms with van der Waals surface area (Å²) in [6.07, 6.45) is -1.88. The van der Waals surface area contributed by atoms with Crippen LogP contribution in [-0.4, -0.2) is 12.2 Å². The summed E-state index contributed by atoms with van der Waals surface area (Å²) in [4.78, 5) is 1.30. The molecule has 0 amide bonds. The highest BCUT2D eigenvalue weighted by atomic mass is 79.9. The Kier molecular flexibility index (Phi) is 4.39. The lowest BCUT2D eigenvalue weighted by atomic mass is 9.93. The number of thiophene rings is 1. The maximum atomic E-state index is 12.3. The predicted octanol–water partition coefficient (Wildman–Crippen LogP) is 4.82. The van der Waals surface area contributed by atoms with Crippen molar-refractivity contribution in [3.8, 4) is 0 Å². The molecule has 1 aliphatic rings. The lowest BCUT2D eigenvalue weighted by molar-refractivity contribution is -0.139. The molecular weight excluding hydrogens is 327 g/mol. The van der Waals surface area contributed by atoms with Crippen LogP contribution >= 0.6 is 27.3 Å². The van der Waals surface area contributed by atoms with E-state index in [4.69, 9.17) is 0 Å². The first-order chi connectivity index (χ1) is 8.35. The van der Waals surface area contributed by atoms with Gasteiger partial charge in [0.25, 0.3) is 0 Å². The van der Waals surface area contributed by atoms with Crippen LogP contribution in [0.1, 0.15) is 42.7 Å². The number of rotatable bonds is 3. The monoisotopic (exact) mass is 341 g/mol. The van der Waals surface area contributed by atoms with Crippen molar-refractivity contribution in [1.82, 2.24) is 5.32 Å². The van der Waals surface area contributed by atoms with Gasteiger partial charge in [-0.15, -0.1) is 11.3 Å². The highest BCUT2D eigenvalue weighted by Crippen LogP contribution is 2.38. The summed E-state index contributed by atoms with van der Waals surface area (Å²) < 4.78 is 38.0. The normalized spacial score (nSPS) is 21.7. The summed E-state index contributed by atoms with van der Waals surface area (Å²) in [5.41, 5.74) is 1.17. The third kappa shape index (κ3) is 3.71.